The van der Waals surface area contributed by atoms with Gasteiger partial charge in [0.2, 0.25) is 0 Å². The van der Waals surface area contributed by atoms with Crippen molar-refractivity contribution in [1.82, 2.24) is 0 Å². The molecule has 4 nitrogen and oxygen atoms in total. The van der Waals surface area contributed by atoms with Gasteiger partial charge in [-0.15, -0.1) is 0 Å². The van der Waals surface area contributed by atoms with Gasteiger partial charge in [0.15, 0.2) is 0 Å². The summed E-state index contributed by atoms with van der Waals surface area (Å²) < 4.78 is 11.2. The highest BCUT2D eigenvalue weighted by Gasteiger charge is 2.20. The Hall–Kier alpha value is -1.71. The zero-order chi connectivity index (χ0) is 15.2. The maximum Gasteiger partial charge on any atom is 0.338 e. The van der Waals surface area contributed by atoms with Crippen LogP contribution in [-0.4, -0.2) is 18.7 Å². The fourth-order valence-electron chi connectivity index (χ4n) is 2.42. The molecule has 0 bridgehead atoms. The van der Waals surface area contributed by atoms with Gasteiger partial charge >= 0.3 is 5.97 Å². The molecule has 0 saturated heterocycles. The topological polar surface area (TPSA) is 61.5 Å². The van der Waals surface area contributed by atoms with Crippen LogP contribution in [0.3, 0.4) is 0 Å². The van der Waals surface area contributed by atoms with E-state index in [0.29, 0.717) is 29.5 Å². The van der Waals surface area contributed by atoms with Crippen molar-refractivity contribution in [3.05, 3.63) is 23.8 Å². The standard InChI is InChI=1S/C17H25NO3/c1-12(2)9-10-20-16-11-13(7-8-15(16)18)17(19)21-14-5-3-4-6-14/h7-8,11-12,14H,3-6,9-10,18H2,1-2H3. The normalized spacial score (nSPS) is 15.4. The average molecular weight is 291 g/mol. The Morgan fingerprint density at radius 3 is 2.71 bits per heavy atom. The SMILES string of the molecule is CC(C)CCOc1cc(C(=O)OC2CCCC2)ccc1N. The quantitative estimate of drug-likeness (QED) is 0.640. The van der Waals surface area contributed by atoms with Gasteiger partial charge in [0.05, 0.1) is 17.9 Å². The van der Waals surface area contributed by atoms with Crippen LogP contribution in [0.15, 0.2) is 18.2 Å². The van der Waals surface area contributed by atoms with Gasteiger partial charge in [0.25, 0.3) is 0 Å². The second-order valence-corrected chi connectivity index (χ2v) is 6.10. The molecule has 0 radical (unpaired) electrons. The number of nitrogens with two attached hydrogens (primary N) is 1. The zero-order valence-electron chi connectivity index (χ0n) is 12.9. The molecular weight excluding hydrogens is 266 g/mol. The minimum atomic E-state index is -0.282. The Labute approximate surface area is 126 Å². The largest absolute Gasteiger partial charge is 0.491 e. The minimum Gasteiger partial charge on any atom is -0.491 e. The first-order chi connectivity index (χ1) is 10.1. The summed E-state index contributed by atoms with van der Waals surface area (Å²) in [4.78, 5) is 12.1. The maximum atomic E-state index is 12.1. The molecule has 116 valence electrons. The van der Waals surface area contributed by atoms with Crippen LogP contribution < -0.4 is 10.5 Å². The molecule has 2 rings (SSSR count). The fraction of sp³-hybridized carbons (Fsp3) is 0.588. The molecule has 4 heteroatoms. The summed E-state index contributed by atoms with van der Waals surface area (Å²) in [6.07, 6.45) is 5.25. The van der Waals surface area contributed by atoms with Crippen molar-refractivity contribution in [3.8, 4) is 5.75 Å². The summed E-state index contributed by atoms with van der Waals surface area (Å²) >= 11 is 0. The van der Waals surface area contributed by atoms with E-state index < -0.39 is 0 Å². The number of rotatable bonds is 6. The molecular formula is C17H25NO3. The molecule has 1 aromatic carbocycles. The minimum absolute atomic E-state index is 0.0698. The van der Waals surface area contributed by atoms with Crippen molar-refractivity contribution in [1.29, 1.82) is 0 Å². The van der Waals surface area contributed by atoms with Crippen LogP contribution in [0, 0.1) is 5.92 Å². The lowest BCUT2D eigenvalue weighted by molar-refractivity contribution is 0.0317. The van der Waals surface area contributed by atoms with Crippen LogP contribution >= 0.6 is 0 Å². The van der Waals surface area contributed by atoms with Gasteiger partial charge in [0.1, 0.15) is 11.9 Å². The van der Waals surface area contributed by atoms with Gasteiger partial charge in [0, 0.05) is 0 Å². The molecule has 1 aliphatic carbocycles. The van der Waals surface area contributed by atoms with Crippen LogP contribution in [0.4, 0.5) is 5.69 Å². The summed E-state index contributed by atoms with van der Waals surface area (Å²) in [5, 5.41) is 0. The highest BCUT2D eigenvalue weighted by molar-refractivity contribution is 5.90. The molecule has 1 fully saturated rings. The summed E-state index contributed by atoms with van der Waals surface area (Å²) in [5.74, 6) is 0.855. The lowest BCUT2D eigenvalue weighted by Crippen LogP contribution is -2.15. The maximum absolute atomic E-state index is 12.1. The van der Waals surface area contributed by atoms with Crippen molar-refractivity contribution < 1.29 is 14.3 Å². The van der Waals surface area contributed by atoms with Gasteiger partial charge in [-0.2, -0.15) is 0 Å². The zero-order valence-corrected chi connectivity index (χ0v) is 12.9. The highest BCUT2D eigenvalue weighted by atomic mass is 16.5. The van der Waals surface area contributed by atoms with E-state index in [0.717, 1.165) is 32.1 Å². The smallest absolute Gasteiger partial charge is 0.338 e. The molecule has 0 aromatic heterocycles. The molecule has 1 aromatic rings. The Bertz CT molecular complexity index is 479. The van der Waals surface area contributed by atoms with E-state index in [2.05, 4.69) is 13.8 Å². The van der Waals surface area contributed by atoms with Crippen molar-refractivity contribution in [3.63, 3.8) is 0 Å². The molecule has 0 amide bonds. The van der Waals surface area contributed by atoms with Gasteiger partial charge in [-0.25, -0.2) is 4.79 Å². The van der Waals surface area contributed by atoms with Crippen LogP contribution in [-0.2, 0) is 4.74 Å². The third-order valence-corrected chi connectivity index (χ3v) is 3.78. The van der Waals surface area contributed by atoms with E-state index >= 15 is 0 Å². The number of carbonyl (C=O) groups excluding carboxylic acids is 1. The number of benzene rings is 1. The fourth-order valence-corrected chi connectivity index (χ4v) is 2.42. The van der Waals surface area contributed by atoms with Crippen LogP contribution in [0.25, 0.3) is 0 Å². The number of hydrogen-bond donors (Lipinski definition) is 1. The predicted octanol–water partition coefficient (Wildman–Crippen LogP) is 3.79. The predicted molar refractivity (Wildman–Crippen MR) is 83.5 cm³/mol. The third-order valence-electron chi connectivity index (χ3n) is 3.78. The summed E-state index contributed by atoms with van der Waals surface area (Å²) in [5.41, 5.74) is 6.95. The second-order valence-electron chi connectivity index (χ2n) is 6.10. The number of ether oxygens (including phenoxy) is 2. The van der Waals surface area contributed by atoms with Crippen molar-refractivity contribution in [2.24, 2.45) is 5.92 Å². The Balaban J connectivity index is 1.97. The van der Waals surface area contributed by atoms with Crippen LogP contribution in [0.1, 0.15) is 56.3 Å². The molecule has 21 heavy (non-hydrogen) atoms. The summed E-state index contributed by atoms with van der Waals surface area (Å²) in [6.45, 7) is 4.88. The third kappa shape index (κ3) is 4.66. The molecule has 0 spiro atoms. The lowest BCUT2D eigenvalue weighted by atomic mass is 10.1. The van der Waals surface area contributed by atoms with Crippen LogP contribution in [0.5, 0.6) is 5.75 Å². The van der Waals surface area contributed by atoms with E-state index in [1.54, 1.807) is 18.2 Å². The first-order valence-corrected chi connectivity index (χ1v) is 7.79. The van der Waals surface area contributed by atoms with Crippen molar-refractivity contribution in [2.75, 3.05) is 12.3 Å². The molecule has 0 aliphatic heterocycles. The van der Waals surface area contributed by atoms with Gasteiger partial charge < -0.3 is 15.2 Å². The number of anilines is 1. The van der Waals surface area contributed by atoms with Crippen LogP contribution in [0.2, 0.25) is 0 Å². The second kappa shape index (κ2) is 7.34. The molecule has 0 heterocycles. The van der Waals surface area contributed by atoms with E-state index in [4.69, 9.17) is 15.2 Å². The molecule has 0 unspecified atom stereocenters. The number of esters is 1. The average Bonchev–Trinajstić information content (AvgIpc) is 2.93. The molecule has 0 atom stereocenters. The first-order valence-electron chi connectivity index (χ1n) is 7.79. The van der Waals surface area contributed by atoms with Gasteiger partial charge in [-0.3, -0.25) is 0 Å². The van der Waals surface area contributed by atoms with E-state index in [1.165, 1.54) is 0 Å². The van der Waals surface area contributed by atoms with Gasteiger partial charge in [-0.1, -0.05) is 13.8 Å². The van der Waals surface area contributed by atoms with E-state index in [-0.39, 0.29) is 12.1 Å². The van der Waals surface area contributed by atoms with E-state index in [1.807, 2.05) is 0 Å². The van der Waals surface area contributed by atoms with E-state index in [9.17, 15) is 4.79 Å². The number of hydrogen-bond acceptors (Lipinski definition) is 4. The summed E-state index contributed by atoms with van der Waals surface area (Å²) in [7, 11) is 0. The lowest BCUT2D eigenvalue weighted by Gasteiger charge is -2.14. The Morgan fingerprint density at radius 2 is 2.05 bits per heavy atom. The molecule has 1 aliphatic rings. The van der Waals surface area contributed by atoms with Crippen molar-refractivity contribution >= 4 is 11.7 Å². The highest BCUT2D eigenvalue weighted by Crippen LogP contribution is 2.26. The van der Waals surface area contributed by atoms with Gasteiger partial charge in [-0.05, 0) is 56.2 Å². The van der Waals surface area contributed by atoms with Crippen molar-refractivity contribution in [2.45, 2.75) is 52.1 Å². The number of nitrogen functional groups attached to an aromatic ring is 1. The summed E-state index contributed by atoms with van der Waals surface area (Å²) in [6, 6.07) is 5.09. The molecule has 1 saturated carbocycles. The monoisotopic (exact) mass is 291 g/mol. The Morgan fingerprint density at radius 1 is 1.33 bits per heavy atom. The molecule has 2 N–H and O–H groups in total. The number of carbonyl (C=O) groups is 1. The Kier molecular flexibility index (Phi) is 5.48. The first kappa shape index (κ1) is 15.7.